The highest BCUT2D eigenvalue weighted by molar-refractivity contribution is 7.81. The molecule has 2 aromatic carbocycles. The van der Waals surface area contributed by atoms with E-state index in [-0.39, 0.29) is 5.75 Å². The van der Waals surface area contributed by atoms with Crippen LogP contribution in [0.25, 0.3) is 0 Å². The van der Waals surface area contributed by atoms with Gasteiger partial charge in [-0.25, -0.2) is 0 Å². The minimum atomic E-state index is -4.38. The Labute approximate surface area is 113 Å². The van der Waals surface area contributed by atoms with Crippen LogP contribution >= 0.6 is 12.8 Å². The van der Waals surface area contributed by atoms with Gasteiger partial charge in [0.25, 0.3) is 0 Å². The van der Waals surface area contributed by atoms with E-state index >= 15 is 0 Å². The first-order valence-corrected chi connectivity index (χ1v) is 5.79. The van der Waals surface area contributed by atoms with Gasteiger partial charge in [-0.15, -0.1) is 0 Å². The van der Waals surface area contributed by atoms with Crippen molar-refractivity contribution in [1.29, 1.82) is 0 Å². The Morgan fingerprint density at radius 1 is 0.947 bits per heavy atom. The van der Waals surface area contributed by atoms with Gasteiger partial charge in [0.1, 0.15) is 11.5 Å². The van der Waals surface area contributed by atoms with Gasteiger partial charge in [0.15, 0.2) is 0 Å². The molecule has 0 aliphatic carbocycles. The standard InChI is InChI=1S/C13H10F3NOS/c14-13(15,16)9-2-1-3-12(8-9)18-11-6-4-10(17-19)5-7-11/h1-8,17,19H. The van der Waals surface area contributed by atoms with Gasteiger partial charge in [-0.3, -0.25) is 0 Å². The molecule has 2 aromatic rings. The number of hydrogen-bond donors (Lipinski definition) is 2. The molecule has 6 heteroatoms. The Kier molecular flexibility index (Phi) is 3.90. The van der Waals surface area contributed by atoms with Crippen LogP contribution in [0.4, 0.5) is 18.9 Å². The van der Waals surface area contributed by atoms with Crippen molar-refractivity contribution in [3.63, 3.8) is 0 Å². The van der Waals surface area contributed by atoms with Crippen LogP contribution in [0.3, 0.4) is 0 Å². The molecule has 0 aliphatic heterocycles. The maximum Gasteiger partial charge on any atom is 0.416 e. The molecule has 0 fully saturated rings. The minimum absolute atomic E-state index is 0.140. The molecule has 0 aliphatic rings. The minimum Gasteiger partial charge on any atom is -0.457 e. The number of thiol groups is 1. The summed E-state index contributed by atoms with van der Waals surface area (Å²) in [6, 6.07) is 11.4. The van der Waals surface area contributed by atoms with Crippen LogP contribution < -0.4 is 9.46 Å². The summed E-state index contributed by atoms with van der Waals surface area (Å²) in [6.07, 6.45) is -4.38. The number of rotatable bonds is 3. The maximum absolute atomic E-state index is 12.5. The molecule has 2 rings (SSSR count). The van der Waals surface area contributed by atoms with E-state index in [0.717, 1.165) is 17.8 Å². The molecule has 0 bridgehead atoms. The lowest BCUT2D eigenvalue weighted by Gasteiger charge is -2.10. The van der Waals surface area contributed by atoms with Gasteiger partial charge in [-0.2, -0.15) is 13.2 Å². The molecule has 0 aromatic heterocycles. The lowest BCUT2D eigenvalue weighted by Crippen LogP contribution is -2.04. The fourth-order valence-corrected chi connectivity index (χ4v) is 1.62. The van der Waals surface area contributed by atoms with Crippen molar-refractivity contribution in [2.75, 3.05) is 4.72 Å². The zero-order valence-corrected chi connectivity index (χ0v) is 10.5. The molecule has 0 unspecified atom stereocenters. The van der Waals surface area contributed by atoms with Crippen LogP contribution in [0.5, 0.6) is 11.5 Å². The summed E-state index contributed by atoms with van der Waals surface area (Å²) in [4.78, 5) is 0. The predicted octanol–water partition coefficient (Wildman–Crippen LogP) is 4.75. The van der Waals surface area contributed by atoms with E-state index in [1.165, 1.54) is 12.1 Å². The average molecular weight is 285 g/mol. The molecule has 1 N–H and O–H groups in total. The van der Waals surface area contributed by atoms with E-state index in [1.54, 1.807) is 24.3 Å². The van der Waals surface area contributed by atoms with Crippen molar-refractivity contribution in [3.05, 3.63) is 54.1 Å². The molecular formula is C13H10F3NOS. The molecular weight excluding hydrogens is 275 g/mol. The molecule has 0 saturated heterocycles. The lowest BCUT2D eigenvalue weighted by atomic mass is 10.2. The van der Waals surface area contributed by atoms with E-state index < -0.39 is 11.7 Å². The van der Waals surface area contributed by atoms with Crippen molar-refractivity contribution in [2.24, 2.45) is 0 Å². The second-order valence-corrected chi connectivity index (χ2v) is 3.99. The number of alkyl halides is 3. The van der Waals surface area contributed by atoms with Gasteiger partial charge >= 0.3 is 6.18 Å². The first-order chi connectivity index (χ1) is 8.99. The summed E-state index contributed by atoms with van der Waals surface area (Å²) in [5, 5.41) is 0. The second kappa shape index (κ2) is 5.44. The van der Waals surface area contributed by atoms with E-state index in [2.05, 4.69) is 17.5 Å². The zero-order chi connectivity index (χ0) is 13.9. The first-order valence-electron chi connectivity index (χ1n) is 5.34. The Hall–Kier alpha value is -1.82. The molecule has 0 heterocycles. The number of halogens is 3. The molecule has 100 valence electrons. The first kappa shape index (κ1) is 13.6. The van der Waals surface area contributed by atoms with Crippen LogP contribution in [-0.4, -0.2) is 0 Å². The number of anilines is 1. The maximum atomic E-state index is 12.5. The fourth-order valence-electron chi connectivity index (χ4n) is 1.47. The monoisotopic (exact) mass is 285 g/mol. The van der Waals surface area contributed by atoms with Gasteiger partial charge in [-0.1, -0.05) is 18.9 Å². The molecule has 2 nitrogen and oxygen atoms in total. The van der Waals surface area contributed by atoms with E-state index in [1.807, 2.05) is 0 Å². The van der Waals surface area contributed by atoms with Gasteiger partial charge in [0.05, 0.1) is 5.56 Å². The van der Waals surface area contributed by atoms with Gasteiger partial charge in [0.2, 0.25) is 0 Å². The third kappa shape index (κ3) is 3.57. The number of hydrogen-bond acceptors (Lipinski definition) is 3. The van der Waals surface area contributed by atoms with Crippen LogP contribution in [0, 0.1) is 0 Å². The molecule has 0 atom stereocenters. The topological polar surface area (TPSA) is 21.3 Å². The normalized spacial score (nSPS) is 11.2. The van der Waals surface area contributed by atoms with Crippen molar-refractivity contribution in [1.82, 2.24) is 0 Å². The second-order valence-electron chi connectivity index (χ2n) is 3.76. The third-order valence-corrected chi connectivity index (χ3v) is 2.64. The highest BCUT2D eigenvalue weighted by Crippen LogP contribution is 2.32. The predicted molar refractivity (Wildman–Crippen MR) is 70.6 cm³/mol. The highest BCUT2D eigenvalue weighted by atomic mass is 32.1. The largest absolute Gasteiger partial charge is 0.457 e. The summed E-state index contributed by atoms with van der Waals surface area (Å²) in [5.74, 6) is 0.591. The number of benzene rings is 2. The van der Waals surface area contributed by atoms with Gasteiger partial charge < -0.3 is 9.46 Å². The molecule has 0 spiro atoms. The van der Waals surface area contributed by atoms with Crippen LogP contribution in [-0.2, 0) is 6.18 Å². The van der Waals surface area contributed by atoms with Crippen molar-refractivity contribution >= 4 is 18.5 Å². The Balaban J connectivity index is 2.18. The fraction of sp³-hybridized carbons (Fsp3) is 0.0769. The molecule has 0 amide bonds. The summed E-state index contributed by atoms with van der Waals surface area (Å²) < 4.78 is 45.6. The molecule has 19 heavy (non-hydrogen) atoms. The number of ether oxygens (including phenoxy) is 1. The molecule has 0 saturated carbocycles. The summed E-state index contributed by atoms with van der Waals surface area (Å²) in [5.41, 5.74) is 0.0263. The lowest BCUT2D eigenvalue weighted by molar-refractivity contribution is -0.137. The Morgan fingerprint density at radius 2 is 1.63 bits per heavy atom. The zero-order valence-electron chi connectivity index (χ0n) is 9.61. The summed E-state index contributed by atoms with van der Waals surface area (Å²) in [6.45, 7) is 0. The van der Waals surface area contributed by atoms with Crippen LogP contribution in [0.2, 0.25) is 0 Å². The van der Waals surface area contributed by atoms with Crippen molar-refractivity contribution in [3.8, 4) is 11.5 Å². The summed E-state index contributed by atoms with van der Waals surface area (Å²) in [7, 11) is 0. The Bertz CT molecular complexity index is 555. The average Bonchev–Trinajstić information content (AvgIpc) is 2.39. The van der Waals surface area contributed by atoms with Crippen LogP contribution in [0.1, 0.15) is 5.56 Å². The summed E-state index contributed by atoms with van der Waals surface area (Å²) >= 11 is 3.87. The molecule has 0 radical (unpaired) electrons. The quantitative estimate of drug-likeness (QED) is 0.794. The third-order valence-electron chi connectivity index (χ3n) is 2.38. The smallest absolute Gasteiger partial charge is 0.416 e. The Morgan fingerprint density at radius 3 is 2.21 bits per heavy atom. The van der Waals surface area contributed by atoms with E-state index in [4.69, 9.17) is 4.74 Å². The van der Waals surface area contributed by atoms with E-state index in [9.17, 15) is 13.2 Å². The van der Waals surface area contributed by atoms with Crippen LogP contribution in [0.15, 0.2) is 48.5 Å². The highest BCUT2D eigenvalue weighted by Gasteiger charge is 2.30. The van der Waals surface area contributed by atoms with E-state index in [0.29, 0.717) is 5.75 Å². The van der Waals surface area contributed by atoms with Gasteiger partial charge in [0, 0.05) is 5.69 Å². The van der Waals surface area contributed by atoms with Gasteiger partial charge in [-0.05, 0) is 42.5 Å². The number of nitrogens with one attached hydrogen (secondary N) is 1. The SMILES string of the molecule is FC(F)(F)c1cccc(Oc2ccc(NS)cc2)c1. The van der Waals surface area contributed by atoms with Crippen molar-refractivity contribution < 1.29 is 17.9 Å². The van der Waals surface area contributed by atoms with Crippen molar-refractivity contribution in [2.45, 2.75) is 6.18 Å².